The highest BCUT2D eigenvalue weighted by molar-refractivity contribution is 5.17. The molecule has 0 aliphatic carbocycles. The Kier molecular flexibility index (Phi) is 6.62. The third-order valence-corrected chi connectivity index (χ3v) is 4.77. The average molecular weight is 343 g/mol. The first kappa shape index (κ1) is 18.1. The smallest absolute Gasteiger partial charge is 0.101 e. The van der Waals surface area contributed by atoms with E-state index in [-0.39, 0.29) is 18.2 Å². The van der Waals surface area contributed by atoms with Crippen molar-refractivity contribution in [2.75, 3.05) is 20.3 Å². The summed E-state index contributed by atoms with van der Waals surface area (Å²) >= 11 is 0. The number of methoxy groups -OCH3 is 1. The molecule has 2 heterocycles. The fourth-order valence-corrected chi connectivity index (χ4v) is 3.55. The van der Waals surface area contributed by atoms with E-state index in [2.05, 4.69) is 53.9 Å². The molecule has 25 heavy (non-hydrogen) atoms. The minimum Gasteiger partial charge on any atom is -0.383 e. The molecule has 0 spiro atoms. The molecule has 136 valence electrons. The molecule has 0 amide bonds. The van der Waals surface area contributed by atoms with E-state index in [1.54, 1.807) is 7.11 Å². The lowest BCUT2D eigenvalue weighted by Crippen LogP contribution is -2.47. The number of hydrogen-bond acceptors (Lipinski definition) is 4. The SMILES string of the molecule is CCn1cc([C@H]2OCCC[C@@H]2NC(COC)Cc2ccccc2)cn1. The second kappa shape index (κ2) is 9.13. The van der Waals surface area contributed by atoms with Gasteiger partial charge in [-0.1, -0.05) is 30.3 Å². The number of rotatable bonds is 8. The topological polar surface area (TPSA) is 48.3 Å². The monoisotopic (exact) mass is 343 g/mol. The van der Waals surface area contributed by atoms with Crippen molar-refractivity contribution in [3.05, 3.63) is 53.9 Å². The van der Waals surface area contributed by atoms with Crippen molar-refractivity contribution in [2.24, 2.45) is 0 Å². The lowest BCUT2D eigenvalue weighted by molar-refractivity contribution is -0.0168. The zero-order valence-corrected chi connectivity index (χ0v) is 15.2. The van der Waals surface area contributed by atoms with Crippen LogP contribution in [0.2, 0.25) is 0 Å². The summed E-state index contributed by atoms with van der Waals surface area (Å²) in [5.74, 6) is 0. The molecule has 0 radical (unpaired) electrons. The van der Waals surface area contributed by atoms with Gasteiger partial charge in [-0.25, -0.2) is 0 Å². The largest absolute Gasteiger partial charge is 0.383 e. The van der Waals surface area contributed by atoms with Crippen LogP contribution in [0.15, 0.2) is 42.7 Å². The molecule has 1 aliphatic heterocycles. The number of ether oxygens (including phenoxy) is 2. The zero-order chi connectivity index (χ0) is 17.5. The predicted molar refractivity (Wildman–Crippen MR) is 98.6 cm³/mol. The Labute approximate surface area is 150 Å². The molecule has 1 aliphatic rings. The van der Waals surface area contributed by atoms with E-state index in [4.69, 9.17) is 9.47 Å². The molecular weight excluding hydrogens is 314 g/mol. The van der Waals surface area contributed by atoms with Crippen LogP contribution in [0.5, 0.6) is 0 Å². The summed E-state index contributed by atoms with van der Waals surface area (Å²) in [4.78, 5) is 0. The first-order valence-electron chi connectivity index (χ1n) is 9.23. The summed E-state index contributed by atoms with van der Waals surface area (Å²) in [6, 6.07) is 11.1. The molecule has 1 saturated heterocycles. The highest BCUT2D eigenvalue weighted by atomic mass is 16.5. The van der Waals surface area contributed by atoms with Gasteiger partial charge in [0.1, 0.15) is 6.10 Å². The number of aromatic nitrogens is 2. The Morgan fingerprint density at radius 3 is 2.92 bits per heavy atom. The van der Waals surface area contributed by atoms with Gasteiger partial charge in [0.2, 0.25) is 0 Å². The van der Waals surface area contributed by atoms with Gasteiger partial charge in [-0.05, 0) is 31.7 Å². The van der Waals surface area contributed by atoms with Crippen molar-refractivity contribution in [2.45, 2.75) is 50.9 Å². The molecule has 1 fully saturated rings. The van der Waals surface area contributed by atoms with Gasteiger partial charge >= 0.3 is 0 Å². The predicted octanol–water partition coefficient (Wildman–Crippen LogP) is 2.97. The summed E-state index contributed by atoms with van der Waals surface area (Å²) in [5.41, 5.74) is 2.49. The van der Waals surface area contributed by atoms with E-state index >= 15 is 0 Å². The molecule has 3 atom stereocenters. The highest BCUT2D eigenvalue weighted by Crippen LogP contribution is 2.28. The summed E-state index contributed by atoms with van der Waals surface area (Å²) in [6.07, 6.45) is 7.25. The van der Waals surface area contributed by atoms with Gasteiger partial charge in [-0.2, -0.15) is 5.10 Å². The van der Waals surface area contributed by atoms with Crippen molar-refractivity contribution in [3.63, 3.8) is 0 Å². The van der Waals surface area contributed by atoms with Gasteiger partial charge in [-0.3, -0.25) is 4.68 Å². The van der Waals surface area contributed by atoms with Gasteiger partial charge < -0.3 is 14.8 Å². The van der Waals surface area contributed by atoms with Crippen LogP contribution >= 0.6 is 0 Å². The van der Waals surface area contributed by atoms with Crippen LogP contribution in [-0.2, 0) is 22.4 Å². The van der Waals surface area contributed by atoms with Crippen molar-refractivity contribution in [3.8, 4) is 0 Å². The van der Waals surface area contributed by atoms with Crippen LogP contribution in [0, 0.1) is 0 Å². The van der Waals surface area contributed by atoms with Crippen molar-refractivity contribution in [1.29, 1.82) is 0 Å². The second-order valence-electron chi connectivity index (χ2n) is 6.68. The molecular formula is C20H29N3O2. The van der Waals surface area contributed by atoms with E-state index < -0.39 is 0 Å². The maximum Gasteiger partial charge on any atom is 0.101 e. The van der Waals surface area contributed by atoms with E-state index in [0.717, 1.165) is 38.0 Å². The van der Waals surface area contributed by atoms with Crippen LogP contribution in [0.25, 0.3) is 0 Å². The summed E-state index contributed by atoms with van der Waals surface area (Å²) in [5, 5.41) is 8.21. The molecule has 5 nitrogen and oxygen atoms in total. The van der Waals surface area contributed by atoms with Gasteiger partial charge in [0.25, 0.3) is 0 Å². The minimum atomic E-state index is 0.0594. The molecule has 2 aromatic rings. The third kappa shape index (κ3) is 4.91. The molecule has 1 unspecified atom stereocenters. The normalized spacial score (nSPS) is 22.0. The molecule has 1 N–H and O–H groups in total. The quantitative estimate of drug-likeness (QED) is 0.800. The first-order chi connectivity index (χ1) is 12.3. The summed E-state index contributed by atoms with van der Waals surface area (Å²) in [7, 11) is 1.76. The average Bonchev–Trinajstić information content (AvgIpc) is 3.12. The fourth-order valence-electron chi connectivity index (χ4n) is 3.55. The standard InChI is InChI=1S/C20H29N3O2/c1-3-23-14-17(13-21-23)20-19(10-7-11-25-20)22-18(15-24-2)12-16-8-5-4-6-9-16/h4-6,8-9,13-14,18-20,22H,3,7,10-12,15H2,1-2H3/t18?,19-,20+/m0/s1. The Morgan fingerprint density at radius 1 is 1.36 bits per heavy atom. The van der Waals surface area contributed by atoms with Crippen molar-refractivity contribution < 1.29 is 9.47 Å². The Balaban J connectivity index is 1.69. The molecule has 3 rings (SSSR count). The van der Waals surface area contributed by atoms with Crippen LogP contribution in [0.4, 0.5) is 0 Å². The van der Waals surface area contributed by atoms with Gasteiger partial charge in [0.05, 0.1) is 12.8 Å². The van der Waals surface area contributed by atoms with E-state index in [1.807, 2.05) is 10.9 Å². The Hall–Kier alpha value is -1.69. The van der Waals surface area contributed by atoms with Crippen LogP contribution < -0.4 is 5.32 Å². The maximum atomic E-state index is 6.11. The van der Waals surface area contributed by atoms with E-state index in [9.17, 15) is 0 Å². The highest BCUT2D eigenvalue weighted by Gasteiger charge is 2.30. The fraction of sp³-hybridized carbons (Fsp3) is 0.550. The molecule has 1 aromatic carbocycles. The summed E-state index contributed by atoms with van der Waals surface area (Å²) < 4.78 is 13.5. The number of nitrogens with zero attached hydrogens (tertiary/aromatic N) is 2. The lowest BCUT2D eigenvalue weighted by Gasteiger charge is -2.35. The Bertz CT molecular complexity index is 629. The van der Waals surface area contributed by atoms with Gasteiger partial charge in [0.15, 0.2) is 0 Å². The number of aryl methyl sites for hydroxylation is 1. The number of benzene rings is 1. The van der Waals surface area contributed by atoms with E-state index in [1.165, 1.54) is 5.56 Å². The van der Waals surface area contributed by atoms with Crippen molar-refractivity contribution >= 4 is 0 Å². The zero-order valence-electron chi connectivity index (χ0n) is 15.2. The summed E-state index contributed by atoms with van der Waals surface area (Å²) in [6.45, 7) is 4.48. The molecule has 0 bridgehead atoms. The van der Waals surface area contributed by atoms with Crippen LogP contribution in [-0.4, -0.2) is 42.2 Å². The molecule has 5 heteroatoms. The lowest BCUT2D eigenvalue weighted by atomic mass is 9.96. The van der Waals surface area contributed by atoms with Crippen molar-refractivity contribution in [1.82, 2.24) is 15.1 Å². The van der Waals surface area contributed by atoms with Gasteiger partial charge in [0, 0.05) is 44.1 Å². The van der Waals surface area contributed by atoms with Gasteiger partial charge in [-0.15, -0.1) is 0 Å². The minimum absolute atomic E-state index is 0.0594. The van der Waals surface area contributed by atoms with E-state index in [0.29, 0.717) is 6.61 Å². The second-order valence-corrected chi connectivity index (χ2v) is 6.68. The van der Waals surface area contributed by atoms with Crippen LogP contribution in [0.1, 0.15) is 37.0 Å². The first-order valence-corrected chi connectivity index (χ1v) is 9.23. The number of nitrogens with one attached hydrogen (secondary N) is 1. The third-order valence-electron chi connectivity index (χ3n) is 4.77. The Morgan fingerprint density at radius 2 is 2.20 bits per heavy atom. The molecule has 1 aromatic heterocycles. The molecule has 0 saturated carbocycles. The number of hydrogen-bond donors (Lipinski definition) is 1. The van der Waals surface area contributed by atoms with Crippen LogP contribution in [0.3, 0.4) is 0 Å². The maximum absolute atomic E-state index is 6.11.